The number of aryl methyl sites for hydroxylation is 1. The fourth-order valence-electron chi connectivity index (χ4n) is 2.83. The first kappa shape index (κ1) is 14.7. The molecule has 2 N–H and O–H groups in total. The summed E-state index contributed by atoms with van der Waals surface area (Å²) in [5.74, 6) is 2.11. The van der Waals surface area contributed by atoms with E-state index in [0.717, 1.165) is 45.2 Å². The Balaban J connectivity index is 1.79. The van der Waals surface area contributed by atoms with Crippen molar-refractivity contribution < 1.29 is 0 Å². The molecule has 0 saturated carbocycles. The molecule has 2 aromatic carbocycles. The maximum Gasteiger partial charge on any atom is 0.0741 e. The van der Waals surface area contributed by atoms with Crippen molar-refractivity contribution in [2.24, 2.45) is 0 Å². The van der Waals surface area contributed by atoms with E-state index in [9.17, 15) is 0 Å². The van der Waals surface area contributed by atoms with Crippen LogP contribution in [0.5, 0.6) is 0 Å². The van der Waals surface area contributed by atoms with E-state index in [1.807, 2.05) is 60.3 Å². The molecule has 0 radical (unpaired) electrons. The zero-order valence-electron chi connectivity index (χ0n) is 12.5. The first-order chi connectivity index (χ1) is 11.3. The van der Waals surface area contributed by atoms with Crippen LogP contribution in [0.1, 0.15) is 11.3 Å². The predicted octanol–water partition coefficient (Wildman–Crippen LogP) is 5.12. The van der Waals surface area contributed by atoms with Gasteiger partial charge in [0.25, 0.3) is 0 Å². The Labute approximate surface area is 144 Å². The lowest BCUT2D eigenvalue weighted by Gasteiger charge is -2.22. The minimum atomic E-state index is 0.720. The van der Waals surface area contributed by atoms with Crippen LogP contribution >= 0.6 is 23.4 Å². The minimum absolute atomic E-state index is 0.720. The molecule has 0 fully saturated rings. The summed E-state index contributed by atoms with van der Waals surface area (Å²) in [6, 6.07) is 16.0. The number of hydrogen-bond acceptors (Lipinski definition) is 4. The number of anilines is 2. The molecule has 5 heteroatoms. The van der Waals surface area contributed by atoms with Gasteiger partial charge in [0.05, 0.1) is 16.9 Å². The van der Waals surface area contributed by atoms with E-state index in [1.54, 1.807) is 0 Å². The molecule has 4 rings (SSSR count). The smallest absolute Gasteiger partial charge is 0.0741 e. The number of thioether (sulfide) groups is 1. The van der Waals surface area contributed by atoms with Crippen molar-refractivity contribution in [1.29, 1.82) is 0 Å². The Morgan fingerprint density at radius 1 is 1.04 bits per heavy atom. The molecule has 0 spiro atoms. The second-order valence-corrected chi connectivity index (χ2v) is 7.03. The van der Waals surface area contributed by atoms with E-state index in [0.29, 0.717) is 0 Å². The Morgan fingerprint density at radius 3 is 2.78 bits per heavy atom. The summed E-state index contributed by atoms with van der Waals surface area (Å²) in [5, 5.41) is 1.82. The number of hydrogen-bond donors (Lipinski definition) is 2. The molecular formula is C18H16ClN3S. The molecule has 3 aromatic rings. The zero-order valence-corrected chi connectivity index (χ0v) is 14.0. The maximum atomic E-state index is 6.15. The van der Waals surface area contributed by atoms with E-state index in [-0.39, 0.29) is 0 Å². The highest BCUT2D eigenvalue weighted by Gasteiger charge is 2.18. The summed E-state index contributed by atoms with van der Waals surface area (Å²) < 4.78 is 0. The number of hydrazine groups is 1. The van der Waals surface area contributed by atoms with Crippen LogP contribution in [-0.2, 0) is 12.2 Å². The molecule has 0 bridgehead atoms. The van der Waals surface area contributed by atoms with Crippen LogP contribution in [0.2, 0.25) is 5.02 Å². The normalized spacial score (nSPS) is 13.6. The largest absolute Gasteiger partial charge is 0.301 e. The maximum absolute atomic E-state index is 6.15. The number of aromatic nitrogens is 1. The molecule has 1 aromatic heterocycles. The van der Waals surface area contributed by atoms with Gasteiger partial charge in [-0.05, 0) is 42.5 Å². The van der Waals surface area contributed by atoms with E-state index in [1.165, 1.54) is 11.3 Å². The van der Waals surface area contributed by atoms with Gasteiger partial charge in [0.2, 0.25) is 0 Å². The van der Waals surface area contributed by atoms with E-state index in [2.05, 4.69) is 10.9 Å². The van der Waals surface area contributed by atoms with Gasteiger partial charge in [0, 0.05) is 27.4 Å². The van der Waals surface area contributed by atoms with Crippen molar-refractivity contribution in [1.82, 2.24) is 4.98 Å². The van der Waals surface area contributed by atoms with Crippen LogP contribution in [-0.4, -0.2) is 10.7 Å². The van der Waals surface area contributed by atoms with Gasteiger partial charge in [-0.2, -0.15) is 11.8 Å². The first-order valence-corrected chi connectivity index (χ1v) is 9.10. The number of nitrogens with zero attached hydrogens (tertiary/aromatic N) is 1. The number of fused-ring (bicyclic) bond motifs is 2. The summed E-state index contributed by atoms with van der Waals surface area (Å²) in [5.41, 5.74) is 12.3. The summed E-state index contributed by atoms with van der Waals surface area (Å²) in [6.45, 7) is 0. The summed E-state index contributed by atoms with van der Waals surface area (Å²) >= 11 is 8.10. The highest BCUT2D eigenvalue weighted by Crippen LogP contribution is 2.35. The third kappa shape index (κ3) is 2.96. The van der Waals surface area contributed by atoms with Crippen LogP contribution in [0.15, 0.2) is 48.5 Å². The molecule has 0 unspecified atom stereocenters. The third-order valence-corrected chi connectivity index (χ3v) is 5.19. The topological polar surface area (TPSA) is 37.0 Å². The van der Waals surface area contributed by atoms with Crippen molar-refractivity contribution in [2.75, 3.05) is 16.6 Å². The molecule has 116 valence electrons. The van der Waals surface area contributed by atoms with Crippen LogP contribution in [0.3, 0.4) is 0 Å². The van der Waals surface area contributed by atoms with E-state index in [4.69, 9.17) is 16.6 Å². The monoisotopic (exact) mass is 341 g/mol. The molecule has 2 heterocycles. The van der Waals surface area contributed by atoms with Crippen LogP contribution in [0, 0.1) is 0 Å². The fraction of sp³-hybridized carbons (Fsp3) is 0.167. The van der Waals surface area contributed by atoms with Gasteiger partial charge in [-0.15, -0.1) is 0 Å². The Hall–Kier alpha value is -1.91. The van der Waals surface area contributed by atoms with Gasteiger partial charge in [-0.1, -0.05) is 29.8 Å². The van der Waals surface area contributed by atoms with Gasteiger partial charge in [-0.3, -0.25) is 10.4 Å². The lowest BCUT2D eigenvalue weighted by molar-refractivity contribution is 1.01. The second-order valence-electron chi connectivity index (χ2n) is 5.49. The van der Waals surface area contributed by atoms with Crippen molar-refractivity contribution >= 4 is 45.6 Å². The summed E-state index contributed by atoms with van der Waals surface area (Å²) in [6.07, 6.45) is 1.00. The SMILES string of the molecule is Clc1ccc2c(NNc3ccccc3)c3c(nc2c1)CCSC3. The summed E-state index contributed by atoms with van der Waals surface area (Å²) in [7, 11) is 0. The zero-order chi connectivity index (χ0) is 15.6. The van der Waals surface area contributed by atoms with Gasteiger partial charge in [0.15, 0.2) is 0 Å². The lowest BCUT2D eigenvalue weighted by atomic mass is 10.1. The first-order valence-electron chi connectivity index (χ1n) is 7.57. The van der Waals surface area contributed by atoms with Gasteiger partial charge in [-0.25, -0.2) is 0 Å². The number of para-hydroxylation sites is 1. The molecule has 23 heavy (non-hydrogen) atoms. The Kier molecular flexibility index (Phi) is 4.02. The average Bonchev–Trinajstić information content (AvgIpc) is 2.59. The molecule has 1 aliphatic heterocycles. The lowest BCUT2D eigenvalue weighted by Crippen LogP contribution is -2.15. The molecule has 3 nitrogen and oxygen atoms in total. The quantitative estimate of drug-likeness (QED) is 0.648. The van der Waals surface area contributed by atoms with E-state index >= 15 is 0 Å². The molecule has 0 aliphatic carbocycles. The van der Waals surface area contributed by atoms with Crippen LogP contribution in [0.25, 0.3) is 10.9 Å². The van der Waals surface area contributed by atoms with Crippen molar-refractivity contribution in [3.8, 4) is 0 Å². The molecule has 1 aliphatic rings. The van der Waals surface area contributed by atoms with Crippen LogP contribution < -0.4 is 10.9 Å². The number of benzene rings is 2. The molecule has 0 amide bonds. The molecular weight excluding hydrogens is 326 g/mol. The average molecular weight is 342 g/mol. The van der Waals surface area contributed by atoms with Gasteiger partial charge < -0.3 is 5.43 Å². The Morgan fingerprint density at radius 2 is 1.91 bits per heavy atom. The highest BCUT2D eigenvalue weighted by molar-refractivity contribution is 7.98. The van der Waals surface area contributed by atoms with Gasteiger partial charge in [0.1, 0.15) is 0 Å². The number of pyridine rings is 1. The van der Waals surface area contributed by atoms with Crippen molar-refractivity contribution in [3.63, 3.8) is 0 Å². The predicted molar refractivity (Wildman–Crippen MR) is 100 cm³/mol. The highest BCUT2D eigenvalue weighted by atomic mass is 35.5. The van der Waals surface area contributed by atoms with Crippen LogP contribution in [0.4, 0.5) is 11.4 Å². The van der Waals surface area contributed by atoms with Crippen molar-refractivity contribution in [3.05, 3.63) is 64.8 Å². The van der Waals surface area contributed by atoms with E-state index < -0.39 is 0 Å². The van der Waals surface area contributed by atoms with Gasteiger partial charge >= 0.3 is 0 Å². The molecule has 0 saturated heterocycles. The summed E-state index contributed by atoms with van der Waals surface area (Å²) in [4.78, 5) is 4.83. The number of rotatable bonds is 3. The second kappa shape index (κ2) is 6.30. The Bertz CT molecular complexity index is 852. The number of nitrogens with one attached hydrogen (secondary N) is 2. The minimum Gasteiger partial charge on any atom is -0.301 e. The number of halogens is 1. The van der Waals surface area contributed by atoms with Crippen molar-refractivity contribution in [2.45, 2.75) is 12.2 Å². The molecule has 0 atom stereocenters. The third-order valence-electron chi connectivity index (χ3n) is 3.97. The fourth-order valence-corrected chi connectivity index (χ4v) is 4.00. The standard InChI is InChI=1S/C18H16ClN3S/c19-12-6-7-14-17(10-12)20-16-8-9-23-11-15(16)18(14)22-21-13-4-2-1-3-5-13/h1-7,10,21H,8-9,11H2,(H,20,22).